The minimum Gasteiger partial charge on any atom is -0.472 e. The fourth-order valence-electron chi connectivity index (χ4n) is 1.48. The van der Waals surface area contributed by atoms with Gasteiger partial charge in [-0.3, -0.25) is 0 Å². The Morgan fingerprint density at radius 2 is 1.94 bits per heavy atom. The summed E-state index contributed by atoms with van der Waals surface area (Å²) in [6, 6.07) is 5.20. The summed E-state index contributed by atoms with van der Waals surface area (Å²) in [5.41, 5.74) is 1.36. The van der Waals surface area contributed by atoms with Crippen LogP contribution < -0.4 is 9.44 Å². The average Bonchev–Trinajstić information content (AvgIpc) is 2.27. The Kier molecular flexibility index (Phi) is 3.02. The van der Waals surface area contributed by atoms with Crippen LogP contribution in [-0.2, 0) is 6.54 Å². The number of rotatable bonds is 0. The average molecular weight is 321 g/mol. The van der Waals surface area contributed by atoms with Gasteiger partial charge in [0.25, 0.3) is 0 Å². The van der Waals surface area contributed by atoms with Gasteiger partial charge in [-0.2, -0.15) is 0 Å². The number of fused-ring (bicyclic) bond motifs is 1. The third-order valence-electron chi connectivity index (χ3n) is 2.33. The summed E-state index contributed by atoms with van der Waals surface area (Å²) < 4.78 is 6.01. The lowest BCUT2D eigenvalue weighted by Gasteiger charge is -2.37. The van der Waals surface area contributed by atoms with E-state index >= 15 is 0 Å². The highest BCUT2D eigenvalue weighted by atomic mass is 79.9. The summed E-state index contributed by atoms with van der Waals surface area (Å²) in [6.07, 6.45) is 0. The quantitative estimate of drug-likeness (QED) is 0.586. The number of benzene rings is 1. The highest BCUT2D eigenvalue weighted by molar-refractivity contribution is 9.10. The van der Waals surface area contributed by atoms with Crippen molar-refractivity contribution in [2.75, 3.05) is 4.72 Å². The monoisotopic (exact) mass is 320 g/mol. The molecule has 1 aliphatic heterocycles. The molecule has 2 rings (SSSR count). The number of carboxylic acid groups (broad SMARTS) is 2. The van der Waals surface area contributed by atoms with Crippen molar-refractivity contribution in [1.82, 2.24) is 4.72 Å². The lowest BCUT2D eigenvalue weighted by Crippen LogP contribution is -2.40. The van der Waals surface area contributed by atoms with E-state index in [0.717, 1.165) is 10.0 Å². The van der Waals surface area contributed by atoms with Crippen molar-refractivity contribution in [3.8, 4) is 0 Å². The second-order valence-electron chi connectivity index (χ2n) is 3.37. The van der Waals surface area contributed by atoms with Gasteiger partial charge >= 0.3 is 10.6 Å². The molecule has 0 saturated carbocycles. The van der Waals surface area contributed by atoms with Gasteiger partial charge in [-0.25, -0.2) is 14.3 Å². The fourth-order valence-corrected chi connectivity index (χ4v) is 3.43. The molecule has 0 fully saturated rings. The molecule has 0 aromatic heterocycles. The van der Waals surface area contributed by atoms with Crippen molar-refractivity contribution < 1.29 is 19.8 Å². The van der Waals surface area contributed by atoms with Crippen LogP contribution in [0.1, 0.15) is 5.56 Å². The first kappa shape index (κ1) is 12.2. The Balaban J connectivity index is 2.43. The summed E-state index contributed by atoms with van der Waals surface area (Å²) in [4.78, 5) is 22.2. The molecule has 17 heavy (non-hydrogen) atoms. The van der Waals surface area contributed by atoms with Crippen LogP contribution in [0.25, 0.3) is 0 Å². The molecule has 92 valence electrons. The van der Waals surface area contributed by atoms with Gasteiger partial charge in [0.05, 0.1) is 10.4 Å². The van der Waals surface area contributed by atoms with E-state index in [-0.39, 0.29) is 6.54 Å². The zero-order valence-corrected chi connectivity index (χ0v) is 10.8. The molecule has 8 heteroatoms. The highest BCUT2D eigenvalue weighted by Crippen LogP contribution is 2.49. The molecule has 1 heterocycles. The molecular weight excluding hydrogens is 312 g/mol. The molecule has 0 atom stereocenters. The Labute approximate surface area is 107 Å². The molecular formula is C9H9BrN2O4S. The first-order chi connectivity index (χ1) is 7.95. The highest BCUT2D eigenvalue weighted by Gasteiger charge is 2.43. The number of hydrogen-bond acceptors (Lipinski definition) is 4. The third-order valence-corrected chi connectivity index (χ3v) is 4.98. The van der Waals surface area contributed by atoms with E-state index in [1.165, 1.54) is 0 Å². The molecule has 1 aromatic rings. The van der Waals surface area contributed by atoms with Gasteiger partial charge in [0.1, 0.15) is 0 Å². The first-order valence-electron chi connectivity index (χ1n) is 4.56. The van der Waals surface area contributed by atoms with Crippen LogP contribution in [0.4, 0.5) is 15.3 Å². The van der Waals surface area contributed by atoms with Crippen molar-refractivity contribution in [3.05, 3.63) is 28.2 Å². The number of hydrogen-bond donors (Lipinski definition) is 4. The first-order valence-corrected chi connectivity index (χ1v) is 6.98. The molecule has 1 aromatic carbocycles. The smallest absolute Gasteiger partial charge is 0.387 e. The molecule has 0 bridgehead atoms. The Bertz CT molecular complexity index is 494. The Hall–Kier alpha value is -1.25. The van der Waals surface area contributed by atoms with E-state index in [1.54, 1.807) is 12.1 Å². The number of anilines is 1. The number of nitrogens with one attached hydrogen (secondary N) is 2. The van der Waals surface area contributed by atoms with Gasteiger partial charge in [0.2, 0.25) is 0 Å². The predicted molar refractivity (Wildman–Crippen MR) is 68.2 cm³/mol. The molecule has 4 N–H and O–H groups in total. The van der Waals surface area contributed by atoms with E-state index in [9.17, 15) is 9.59 Å². The number of carbonyl (C=O) groups is 2. The predicted octanol–water partition coefficient (Wildman–Crippen LogP) is 2.95. The van der Waals surface area contributed by atoms with E-state index < -0.39 is 21.0 Å². The molecule has 0 unspecified atom stereocenters. The lowest BCUT2D eigenvalue weighted by atomic mass is 10.2. The zero-order chi connectivity index (χ0) is 12.6. The minimum absolute atomic E-state index is 0.204. The van der Waals surface area contributed by atoms with Crippen LogP contribution in [0.3, 0.4) is 0 Å². The Morgan fingerprint density at radius 1 is 1.29 bits per heavy atom. The molecule has 0 spiro atoms. The zero-order valence-electron chi connectivity index (χ0n) is 8.44. The maximum absolute atomic E-state index is 11.1. The summed E-state index contributed by atoms with van der Waals surface area (Å²) in [5.74, 6) is 0. The van der Waals surface area contributed by atoms with Crippen molar-refractivity contribution in [1.29, 1.82) is 0 Å². The summed E-state index contributed by atoms with van der Waals surface area (Å²) in [5, 5.41) is 15.3. The summed E-state index contributed by atoms with van der Waals surface area (Å²) >= 11 is 3.30. The van der Waals surface area contributed by atoms with Crippen LogP contribution in [-0.4, -0.2) is 20.8 Å². The second kappa shape index (κ2) is 4.21. The second-order valence-corrected chi connectivity index (χ2v) is 6.70. The normalized spacial score (nSPS) is 18.6. The fraction of sp³-hybridized carbons (Fsp3) is 0.111. The van der Waals surface area contributed by atoms with Crippen LogP contribution in [0.2, 0.25) is 0 Å². The Morgan fingerprint density at radius 3 is 2.53 bits per heavy atom. The van der Waals surface area contributed by atoms with Crippen molar-refractivity contribution in [2.24, 2.45) is 0 Å². The largest absolute Gasteiger partial charge is 0.472 e. The molecule has 0 aliphatic carbocycles. The molecule has 0 radical (unpaired) electrons. The minimum atomic E-state index is -3.14. The van der Waals surface area contributed by atoms with Crippen LogP contribution in [0.15, 0.2) is 22.7 Å². The van der Waals surface area contributed by atoms with E-state index in [2.05, 4.69) is 25.4 Å². The van der Waals surface area contributed by atoms with Crippen LogP contribution in [0, 0.1) is 0 Å². The van der Waals surface area contributed by atoms with Crippen molar-refractivity contribution >= 4 is 42.6 Å². The third kappa shape index (κ3) is 1.99. The van der Waals surface area contributed by atoms with E-state index in [1.807, 2.05) is 6.07 Å². The SMILES string of the molecule is O=C(O)S1(C(=O)O)NCc2cc(Br)ccc2N1. The van der Waals surface area contributed by atoms with Gasteiger partial charge < -0.3 is 14.9 Å². The van der Waals surface area contributed by atoms with Crippen molar-refractivity contribution in [2.45, 2.75) is 6.54 Å². The molecule has 0 amide bonds. The number of halogens is 1. The van der Waals surface area contributed by atoms with Crippen LogP contribution >= 0.6 is 26.3 Å². The summed E-state index contributed by atoms with van der Waals surface area (Å²) in [6.45, 7) is 0.204. The van der Waals surface area contributed by atoms with Gasteiger partial charge in [-0.15, -0.1) is 0 Å². The van der Waals surface area contributed by atoms with E-state index in [0.29, 0.717) is 5.69 Å². The van der Waals surface area contributed by atoms with Crippen molar-refractivity contribution in [3.63, 3.8) is 0 Å². The van der Waals surface area contributed by atoms with Gasteiger partial charge in [-0.05, 0) is 23.8 Å². The standard InChI is InChI=1S/C9H9BrN2O4S/c10-6-1-2-7-5(3-6)4-11-17(12-7,8(13)14)9(15)16/h1-3,11-12H,4H2,(H,13,14)(H,15,16). The topological polar surface area (TPSA) is 98.7 Å². The molecule has 6 nitrogen and oxygen atoms in total. The summed E-state index contributed by atoms with van der Waals surface area (Å²) in [7, 11) is -3.14. The molecule has 0 saturated heterocycles. The maximum Gasteiger partial charge on any atom is 0.387 e. The van der Waals surface area contributed by atoms with Gasteiger partial charge in [-0.1, -0.05) is 15.9 Å². The molecule has 1 aliphatic rings. The van der Waals surface area contributed by atoms with E-state index in [4.69, 9.17) is 10.2 Å². The van der Waals surface area contributed by atoms with Crippen LogP contribution in [0.5, 0.6) is 0 Å². The maximum atomic E-state index is 11.1. The van der Waals surface area contributed by atoms with Gasteiger partial charge in [0, 0.05) is 16.7 Å². The lowest BCUT2D eigenvalue weighted by molar-refractivity contribution is 0.215. The van der Waals surface area contributed by atoms with Gasteiger partial charge in [0.15, 0.2) is 0 Å².